The first-order valence-electron chi connectivity index (χ1n) is 8.74. The van der Waals surface area contributed by atoms with Crippen molar-refractivity contribution in [1.29, 1.82) is 0 Å². The lowest BCUT2D eigenvalue weighted by Crippen LogP contribution is -2.35. The van der Waals surface area contributed by atoms with Gasteiger partial charge >= 0.3 is 0 Å². The molecule has 0 aromatic carbocycles. The number of hydrogen-bond donors (Lipinski definition) is 1. The lowest BCUT2D eigenvalue weighted by molar-refractivity contribution is 0.231. The minimum Gasteiger partial charge on any atom is -0.315 e. The maximum Gasteiger partial charge on any atom is 0.0104 e. The molecule has 0 unspecified atom stereocenters. The van der Waals surface area contributed by atoms with E-state index in [1.807, 2.05) is 0 Å². The number of likely N-dealkylation sites (N-methyl/N-ethyl adjacent to an activating group) is 1. The van der Waals surface area contributed by atoms with Gasteiger partial charge in [-0.25, -0.2) is 0 Å². The molecule has 1 N–H and O–H groups in total. The normalized spacial score (nSPS) is 23.1. The highest BCUT2D eigenvalue weighted by Crippen LogP contribution is 2.24. The molecule has 2 nitrogen and oxygen atoms in total. The van der Waals surface area contributed by atoms with Crippen molar-refractivity contribution >= 4 is 0 Å². The van der Waals surface area contributed by atoms with Gasteiger partial charge in [0.1, 0.15) is 0 Å². The summed E-state index contributed by atoms with van der Waals surface area (Å²) in [6.45, 7) is 4.99. The van der Waals surface area contributed by atoms with E-state index < -0.39 is 0 Å². The van der Waals surface area contributed by atoms with Crippen LogP contribution in [0.25, 0.3) is 0 Å². The van der Waals surface area contributed by atoms with Crippen molar-refractivity contribution in [3.8, 4) is 0 Å². The van der Waals surface area contributed by atoms with Crippen LogP contribution in [0.4, 0.5) is 0 Å². The summed E-state index contributed by atoms with van der Waals surface area (Å²) in [5.74, 6) is 1.95. The summed E-state index contributed by atoms with van der Waals surface area (Å²) in [4.78, 5) is 2.55. The third-order valence-electron chi connectivity index (χ3n) is 5.12. The summed E-state index contributed by atoms with van der Waals surface area (Å²) in [7, 11) is 2.30. The number of nitrogens with one attached hydrogen (secondary N) is 1. The topological polar surface area (TPSA) is 15.3 Å². The summed E-state index contributed by atoms with van der Waals surface area (Å²) >= 11 is 0. The van der Waals surface area contributed by atoms with Gasteiger partial charge < -0.3 is 10.2 Å². The Morgan fingerprint density at radius 1 is 0.842 bits per heavy atom. The summed E-state index contributed by atoms with van der Waals surface area (Å²) in [6, 6.07) is 0. The second-order valence-electron chi connectivity index (χ2n) is 6.97. The van der Waals surface area contributed by atoms with Crippen molar-refractivity contribution in [2.24, 2.45) is 11.8 Å². The van der Waals surface area contributed by atoms with Gasteiger partial charge in [-0.15, -0.1) is 0 Å². The molecule has 112 valence electrons. The molecule has 2 fully saturated rings. The lowest BCUT2D eigenvalue weighted by Gasteiger charge is -2.27. The van der Waals surface area contributed by atoms with Gasteiger partial charge in [-0.1, -0.05) is 38.5 Å². The zero-order valence-electron chi connectivity index (χ0n) is 13.0. The van der Waals surface area contributed by atoms with Gasteiger partial charge in [0.05, 0.1) is 0 Å². The maximum atomic E-state index is 3.68. The van der Waals surface area contributed by atoms with Gasteiger partial charge in [-0.05, 0) is 51.1 Å². The number of nitrogens with zero attached hydrogens (tertiary/aromatic N) is 1. The minimum atomic E-state index is 0.970. The van der Waals surface area contributed by atoms with Crippen LogP contribution in [0.2, 0.25) is 0 Å². The third kappa shape index (κ3) is 6.27. The minimum absolute atomic E-state index is 0.970. The first-order valence-corrected chi connectivity index (χ1v) is 8.74. The quantitative estimate of drug-likeness (QED) is 0.707. The molecule has 0 aromatic rings. The molecule has 0 bridgehead atoms. The fourth-order valence-corrected chi connectivity index (χ4v) is 3.87. The second-order valence-corrected chi connectivity index (χ2v) is 6.97. The standard InChI is InChI=1S/C17H34N2/c1-19(15-17-10-6-3-7-11-17)13-12-18-14-16-8-4-2-5-9-16/h16-18H,2-15H2,1H3. The fraction of sp³-hybridized carbons (Fsp3) is 1.00. The van der Waals surface area contributed by atoms with Gasteiger partial charge in [0.2, 0.25) is 0 Å². The Balaban J connectivity index is 1.47. The van der Waals surface area contributed by atoms with E-state index in [1.165, 1.54) is 90.4 Å². The van der Waals surface area contributed by atoms with Crippen LogP contribution in [0.5, 0.6) is 0 Å². The third-order valence-corrected chi connectivity index (χ3v) is 5.12. The molecule has 2 rings (SSSR count). The van der Waals surface area contributed by atoms with Crippen LogP contribution in [0, 0.1) is 11.8 Å². The van der Waals surface area contributed by atoms with E-state index in [1.54, 1.807) is 0 Å². The molecule has 2 saturated carbocycles. The fourth-order valence-electron chi connectivity index (χ4n) is 3.87. The van der Waals surface area contributed by atoms with E-state index in [9.17, 15) is 0 Å². The van der Waals surface area contributed by atoms with Crippen LogP contribution >= 0.6 is 0 Å². The molecule has 0 heterocycles. The van der Waals surface area contributed by atoms with Crippen LogP contribution in [0.1, 0.15) is 64.2 Å². The Bertz CT molecular complexity index is 217. The highest BCUT2D eigenvalue weighted by molar-refractivity contribution is 4.71. The van der Waals surface area contributed by atoms with Crippen LogP contribution in [0.15, 0.2) is 0 Å². The van der Waals surface area contributed by atoms with Gasteiger partial charge in [0.25, 0.3) is 0 Å². The van der Waals surface area contributed by atoms with Crippen molar-refractivity contribution in [3.05, 3.63) is 0 Å². The Labute approximate surface area is 120 Å². The van der Waals surface area contributed by atoms with E-state index in [0.29, 0.717) is 0 Å². The largest absolute Gasteiger partial charge is 0.315 e. The Hall–Kier alpha value is -0.0800. The summed E-state index contributed by atoms with van der Waals surface area (Å²) in [6.07, 6.45) is 14.7. The Kier molecular flexibility index (Phi) is 7.23. The smallest absolute Gasteiger partial charge is 0.0104 e. The molecule has 0 saturated heterocycles. The molecule has 19 heavy (non-hydrogen) atoms. The van der Waals surface area contributed by atoms with Crippen molar-refractivity contribution in [2.45, 2.75) is 64.2 Å². The zero-order valence-corrected chi connectivity index (χ0v) is 13.0. The molecule has 0 atom stereocenters. The van der Waals surface area contributed by atoms with Crippen LogP contribution < -0.4 is 5.32 Å². The summed E-state index contributed by atoms with van der Waals surface area (Å²) in [5, 5.41) is 3.68. The van der Waals surface area contributed by atoms with Crippen LogP contribution in [-0.2, 0) is 0 Å². The Morgan fingerprint density at radius 3 is 2.05 bits per heavy atom. The van der Waals surface area contributed by atoms with E-state index in [-0.39, 0.29) is 0 Å². The molecular formula is C17H34N2. The predicted octanol–water partition coefficient (Wildman–Crippen LogP) is 3.67. The first kappa shape index (κ1) is 15.3. The van der Waals surface area contributed by atoms with Crippen molar-refractivity contribution in [3.63, 3.8) is 0 Å². The maximum absolute atomic E-state index is 3.68. The predicted molar refractivity (Wildman–Crippen MR) is 83.5 cm³/mol. The summed E-state index contributed by atoms with van der Waals surface area (Å²) < 4.78 is 0. The number of hydrogen-bond acceptors (Lipinski definition) is 2. The molecule has 0 radical (unpaired) electrons. The molecule has 0 spiro atoms. The Morgan fingerprint density at radius 2 is 1.42 bits per heavy atom. The van der Waals surface area contributed by atoms with Gasteiger partial charge in [-0.2, -0.15) is 0 Å². The molecule has 2 heteroatoms. The lowest BCUT2D eigenvalue weighted by atomic mass is 9.89. The van der Waals surface area contributed by atoms with Crippen molar-refractivity contribution in [1.82, 2.24) is 10.2 Å². The van der Waals surface area contributed by atoms with Crippen LogP contribution in [0.3, 0.4) is 0 Å². The molecule has 2 aliphatic carbocycles. The molecule has 0 aromatic heterocycles. The summed E-state index contributed by atoms with van der Waals surface area (Å²) in [5.41, 5.74) is 0. The van der Waals surface area contributed by atoms with E-state index in [2.05, 4.69) is 17.3 Å². The molecule has 0 aliphatic heterocycles. The molecule has 0 amide bonds. The average Bonchev–Trinajstić information content (AvgIpc) is 2.46. The van der Waals surface area contributed by atoms with E-state index >= 15 is 0 Å². The average molecular weight is 266 g/mol. The monoisotopic (exact) mass is 266 g/mol. The molecular weight excluding hydrogens is 232 g/mol. The first-order chi connectivity index (χ1) is 9.34. The second kappa shape index (κ2) is 8.97. The number of rotatable bonds is 7. The van der Waals surface area contributed by atoms with Gasteiger partial charge in [-0.3, -0.25) is 0 Å². The van der Waals surface area contributed by atoms with E-state index in [4.69, 9.17) is 0 Å². The highest BCUT2D eigenvalue weighted by Gasteiger charge is 2.15. The van der Waals surface area contributed by atoms with Gasteiger partial charge in [0.15, 0.2) is 0 Å². The SMILES string of the molecule is CN(CCNCC1CCCCC1)CC1CCCCC1. The van der Waals surface area contributed by atoms with Crippen molar-refractivity contribution in [2.75, 3.05) is 33.2 Å². The zero-order chi connectivity index (χ0) is 13.3. The highest BCUT2D eigenvalue weighted by atomic mass is 15.1. The van der Waals surface area contributed by atoms with Crippen molar-refractivity contribution < 1.29 is 0 Å². The van der Waals surface area contributed by atoms with E-state index in [0.717, 1.165) is 11.8 Å². The molecule has 2 aliphatic rings. The van der Waals surface area contributed by atoms with Crippen LogP contribution in [-0.4, -0.2) is 38.1 Å². The van der Waals surface area contributed by atoms with Gasteiger partial charge in [0, 0.05) is 19.6 Å².